The van der Waals surface area contributed by atoms with Gasteiger partial charge in [-0.1, -0.05) is 30.3 Å². The number of hydrogen-bond donors (Lipinski definition) is 3. The van der Waals surface area contributed by atoms with Gasteiger partial charge in [-0.2, -0.15) is 5.26 Å². The molecule has 9 heteroatoms. The van der Waals surface area contributed by atoms with E-state index in [-0.39, 0.29) is 11.3 Å². The molecule has 0 bridgehead atoms. The first kappa shape index (κ1) is 22.2. The highest BCUT2D eigenvalue weighted by atomic mass is 16.6. The molecule has 0 aliphatic rings. The number of nitrogens with zero attached hydrogens (tertiary/aromatic N) is 3. The number of rotatable bonds is 8. The molecule has 1 aromatic heterocycles. The lowest BCUT2D eigenvalue weighted by Gasteiger charge is -2.11. The lowest BCUT2D eigenvalue weighted by atomic mass is 10.1. The minimum atomic E-state index is -0.523. The van der Waals surface area contributed by atoms with E-state index >= 15 is 0 Å². The Morgan fingerprint density at radius 1 is 0.971 bits per heavy atom. The van der Waals surface area contributed by atoms with Gasteiger partial charge in [0, 0.05) is 36.6 Å². The molecule has 0 radical (unpaired) electrons. The van der Waals surface area contributed by atoms with Gasteiger partial charge in [0.1, 0.15) is 17.6 Å². The second-order valence-electron chi connectivity index (χ2n) is 7.40. The van der Waals surface area contributed by atoms with Crippen LogP contribution in [0, 0.1) is 21.4 Å². The van der Waals surface area contributed by atoms with Crippen LogP contribution in [-0.2, 0) is 0 Å². The summed E-state index contributed by atoms with van der Waals surface area (Å²) in [4.78, 5) is 27.9. The van der Waals surface area contributed by atoms with E-state index in [4.69, 9.17) is 5.26 Å². The zero-order valence-electron chi connectivity index (χ0n) is 18.0. The number of nitro groups is 1. The third-order valence-electron chi connectivity index (χ3n) is 5.10. The number of carbonyl (C=O) groups is 1. The summed E-state index contributed by atoms with van der Waals surface area (Å²) in [5, 5.41) is 31.3. The molecule has 0 spiro atoms. The Morgan fingerprint density at radius 2 is 1.76 bits per heavy atom. The van der Waals surface area contributed by atoms with Crippen molar-refractivity contribution >= 4 is 39.6 Å². The summed E-state index contributed by atoms with van der Waals surface area (Å²) in [7, 11) is 0. The standard InChI is InChI=1S/C25H20N6O3/c26-15-17-5-10-24(29-16-17)28-12-11-27-22-9-7-20(14-23(22)31(33)34)25(32)30-21-8-6-18-3-1-2-4-19(18)13-21/h1-10,13-14,16,27H,11-12H2,(H,28,29)(H,30,32). The van der Waals surface area contributed by atoms with E-state index in [9.17, 15) is 14.9 Å². The van der Waals surface area contributed by atoms with E-state index in [0.29, 0.717) is 35.8 Å². The number of carbonyl (C=O) groups excluding carboxylic acids is 1. The molecule has 3 aromatic carbocycles. The van der Waals surface area contributed by atoms with Crippen LogP contribution in [0.3, 0.4) is 0 Å². The molecule has 3 N–H and O–H groups in total. The largest absolute Gasteiger partial charge is 0.378 e. The second-order valence-corrected chi connectivity index (χ2v) is 7.40. The molecule has 0 unspecified atom stereocenters. The Morgan fingerprint density at radius 3 is 2.50 bits per heavy atom. The molecular formula is C25H20N6O3. The first-order chi connectivity index (χ1) is 16.5. The normalized spacial score (nSPS) is 10.3. The lowest BCUT2D eigenvalue weighted by molar-refractivity contribution is -0.384. The van der Waals surface area contributed by atoms with Crippen molar-refractivity contribution in [1.82, 2.24) is 4.98 Å². The summed E-state index contributed by atoms with van der Waals surface area (Å²) in [5.41, 5.74) is 1.37. The predicted molar refractivity (Wildman–Crippen MR) is 131 cm³/mol. The molecule has 0 fully saturated rings. The predicted octanol–water partition coefficient (Wildman–Crippen LogP) is 4.79. The van der Waals surface area contributed by atoms with Gasteiger partial charge in [-0.3, -0.25) is 14.9 Å². The summed E-state index contributed by atoms with van der Waals surface area (Å²) in [6.45, 7) is 0.825. The maximum Gasteiger partial charge on any atom is 0.293 e. The fourth-order valence-corrected chi connectivity index (χ4v) is 3.40. The number of fused-ring (bicyclic) bond motifs is 1. The summed E-state index contributed by atoms with van der Waals surface area (Å²) in [5.74, 6) is 0.162. The van der Waals surface area contributed by atoms with E-state index in [1.54, 1.807) is 24.3 Å². The van der Waals surface area contributed by atoms with Crippen molar-refractivity contribution in [2.24, 2.45) is 0 Å². The van der Waals surface area contributed by atoms with Crippen molar-refractivity contribution in [3.8, 4) is 6.07 Å². The van der Waals surface area contributed by atoms with E-state index in [1.807, 2.05) is 42.5 Å². The Hall–Kier alpha value is -4.97. The summed E-state index contributed by atoms with van der Waals surface area (Å²) in [6.07, 6.45) is 1.46. The average molecular weight is 452 g/mol. The van der Waals surface area contributed by atoms with Gasteiger partial charge in [0.15, 0.2) is 0 Å². The Balaban J connectivity index is 1.40. The van der Waals surface area contributed by atoms with Crippen LogP contribution in [0.1, 0.15) is 15.9 Å². The highest BCUT2D eigenvalue weighted by Crippen LogP contribution is 2.26. The van der Waals surface area contributed by atoms with Gasteiger partial charge in [0.2, 0.25) is 0 Å². The zero-order chi connectivity index (χ0) is 23.9. The van der Waals surface area contributed by atoms with Crippen LogP contribution in [0.4, 0.5) is 22.9 Å². The molecule has 0 atom stereocenters. The van der Waals surface area contributed by atoms with Gasteiger partial charge in [0.05, 0.1) is 10.5 Å². The van der Waals surface area contributed by atoms with Crippen molar-refractivity contribution in [1.29, 1.82) is 5.26 Å². The summed E-state index contributed by atoms with van der Waals surface area (Å²) < 4.78 is 0. The first-order valence-electron chi connectivity index (χ1n) is 10.5. The molecule has 34 heavy (non-hydrogen) atoms. The monoisotopic (exact) mass is 452 g/mol. The number of benzene rings is 3. The minimum absolute atomic E-state index is 0.185. The van der Waals surface area contributed by atoms with Gasteiger partial charge >= 0.3 is 0 Å². The van der Waals surface area contributed by atoms with Gasteiger partial charge in [-0.25, -0.2) is 4.98 Å². The Labute approximate surface area is 195 Å². The molecule has 0 saturated heterocycles. The number of anilines is 3. The maximum absolute atomic E-state index is 12.7. The number of nitro benzene ring substituents is 1. The van der Waals surface area contributed by atoms with Crippen LogP contribution in [0.15, 0.2) is 79.0 Å². The third-order valence-corrected chi connectivity index (χ3v) is 5.10. The van der Waals surface area contributed by atoms with E-state index in [0.717, 1.165) is 10.8 Å². The van der Waals surface area contributed by atoms with E-state index < -0.39 is 10.8 Å². The number of hydrogen-bond acceptors (Lipinski definition) is 7. The molecule has 0 aliphatic carbocycles. The molecule has 1 amide bonds. The summed E-state index contributed by atoms with van der Waals surface area (Å²) in [6, 6.07) is 23.0. The van der Waals surface area contributed by atoms with E-state index in [1.165, 1.54) is 18.3 Å². The summed E-state index contributed by atoms with van der Waals surface area (Å²) >= 11 is 0. The average Bonchev–Trinajstić information content (AvgIpc) is 2.86. The molecule has 0 saturated carbocycles. The zero-order valence-corrected chi connectivity index (χ0v) is 18.0. The molecule has 4 aromatic rings. The van der Waals surface area contributed by atoms with Gasteiger partial charge in [-0.05, 0) is 47.2 Å². The number of pyridine rings is 1. The van der Waals surface area contributed by atoms with Crippen LogP contribution in [0.25, 0.3) is 10.8 Å². The fraction of sp³-hybridized carbons (Fsp3) is 0.0800. The number of nitriles is 1. The van der Waals surface area contributed by atoms with Gasteiger partial charge < -0.3 is 16.0 Å². The molecule has 168 valence electrons. The number of aromatic nitrogens is 1. The van der Waals surface area contributed by atoms with Crippen LogP contribution in [0.5, 0.6) is 0 Å². The fourth-order valence-electron chi connectivity index (χ4n) is 3.40. The number of nitrogens with one attached hydrogen (secondary N) is 3. The minimum Gasteiger partial charge on any atom is -0.378 e. The van der Waals surface area contributed by atoms with Crippen molar-refractivity contribution < 1.29 is 9.72 Å². The molecular weight excluding hydrogens is 432 g/mol. The highest BCUT2D eigenvalue weighted by molar-refractivity contribution is 6.06. The van der Waals surface area contributed by atoms with E-state index in [2.05, 4.69) is 20.9 Å². The van der Waals surface area contributed by atoms with Crippen molar-refractivity contribution in [2.75, 3.05) is 29.0 Å². The second kappa shape index (κ2) is 10.1. The van der Waals surface area contributed by atoms with Crippen LogP contribution < -0.4 is 16.0 Å². The lowest BCUT2D eigenvalue weighted by Crippen LogP contribution is -2.16. The smallest absolute Gasteiger partial charge is 0.293 e. The quantitative estimate of drug-likeness (QED) is 0.199. The first-order valence-corrected chi connectivity index (χ1v) is 10.5. The topological polar surface area (TPSA) is 133 Å². The Bertz CT molecular complexity index is 1400. The molecule has 1 heterocycles. The molecule has 4 rings (SSSR count). The molecule has 9 nitrogen and oxygen atoms in total. The third kappa shape index (κ3) is 5.26. The number of amides is 1. The van der Waals surface area contributed by atoms with Crippen LogP contribution >= 0.6 is 0 Å². The van der Waals surface area contributed by atoms with Gasteiger partial charge in [-0.15, -0.1) is 0 Å². The van der Waals surface area contributed by atoms with Crippen molar-refractivity contribution in [2.45, 2.75) is 0 Å². The van der Waals surface area contributed by atoms with Gasteiger partial charge in [0.25, 0.3) is 11.6 Å². The highest BCUT2D eigenvalue weighted by Gasteiger charge is 2.17. The maximum atomic E-state index is 12.7. The van der Waals surface area contributed by atoms with Crippen molar-refractivity contribution in [3.05, 3.63) is 100 Å². The van der Waals surface area contributed by atoms with Crippen molar-refractivity contribution in [3.63, 3.8) is 0 Å². The van der Waals surface area contributed by atoms with Crippen LogP contribution in [-0.4, -0.2) is 28.9 Å². The molecule has 0 aliphatic heterocycles. The SMILES string of the molecule is N#Cc1ccc(NCCNc2ccc(C(=O)Nc3ccc4ccccc4c3)cc2[N+](=O)[O-])nc1. The van der Waals surface area contributed by atoms with Crippen LogP contribution in [0.2, 0.25) is 0 Å². The Kier molecular flexibility index (Phi) is 6.60.